The van der Waals surface area contributed by atoms with Gasteiger partial charge in [-0.1, -0.05) is 37.5 Å². The summed E-state index contributed by atoms with van der Waals surface area (Å²) < 4.78 is 11.2. The van der Waals surface area contributed by atoms with Crippen LogP contribution in [0.3, 0.4) is 0 Å². The maximum absolute atomic E-state index is 12.9. The standard InChI is InChI=1S/C22H27NO3/c1-2-25-21-15-13-20(14-16-21)23(19-11-7-4-8-12-19)22(24)26-17-18-9-5-3-6-10-18/h4,7-8,11-16,18H,2-3,5-6,9-10,17H2,1H3. The van der Waals surface area contributed by atoms with E-state index in [1.807, 2.05) is 61.5 Å². The molecule has 0 N–H and O–H groups in total. The van der Waals surface area contributed by atoms with Crippen LogP contribution in [0.2, 0.25) is 0 Å². The van der Waals surface area contributed by atoms with Crippen LogP contribution in [-0.2, 0) is 4.74 Å². The van der Waals surface area contributed by atoms with Gasteiger partial charge in [-0.2, -0.15) is 0 Å². The second kappa shape index (κ2) is 9.27. The van der Waals surface area contributed by atoms with E-state index in [1.165, 1.54) is 19.3 Å². The van der Waals surface area contributed by atoms with E-state index < -0.39 is 0 Å². The summed E-state index contributed by atoms with van der Waals surface area (Å²) in [5.74, 6) is 1.28. The molecule has 0 aromatic heterocycles. The minimum atomic E-state index is -0.328. The van der Waals surface area contributed by atoms with Gasteiger partial charge in [0.25, 0.3) is 0 Å². The number of para-hydroxylation sites is 1. The molecule has 1 amide bonds. The van der Waals surface area contributed by atoms with Crippen LogP contribution in [0.1, 0.15) is 39.0 Å². The smallest absolute Gasteiger partial charge is 0.418 e. The van der Waals surface area contributed by atoms with E-state index in [-0.39, 0.29) is 6.09 Å². The average Bonchev–Trinajstić information content (AvgIpc) is 2.70. The van der Waals surface area contributed by atoms with Gasteiger partial charge in [-0.15, -0.1) is 0 Å². The largest absolute Gasteiger partial charge is 0.494 e. The molecule has 0 radical (unpaired) electrons. The van der Waals surface area contributed by atoms with Gasteiger partial charge in [0, 0.05) is 0 Å². The Morgan fingerprint density at radius 2 is 1.62 bits per heavy atom. The number of nitrogens with zero attached hydrogens (tertiary/aromatic N) is 1. The Kier molecular flexibility index (Phi) is 6.53. The second-order valence-corrected chi connectivity index (χ2v) is 6.68. The number of amides is 1. The Bertz CT molecular complexity index is 678. The lowest BCUT2D eigenvalue weighted by atomic mass is 9.90. The zero-order valence-electron chi connectivity index (χ0n) is 15.4. The maximum atomic E-state index is 12.9. The van der Waals surface area contributed by atoms with Crippen molar-refractivity contribution in [2.45, 2.75) is 39.0 Å². The first kappa shape index (κ1) is 18.3. The third kappa shape index (κ3) is 4.78. The van der Waals surface area contributed by atoms with E-state index in [1.54, 1.807) is 4.90 Å². The van der Waals surface area contributed by atoms with Crippen LogP contribution in [-0.4, -0.2) is 19.3 Å². The molecule has 0 atom stereocenters. The van der Waals surface area contributed by atoms with E-state index in [0.29, 0.717) is 19.1 Å². The molecule has 3 rings (SSSR count). The highest BCUT2D eigenvalue weighted by atomic mass is 16.6. The average molecular weight is 353 g/mol. The van der Waals surface area contributed by atoms with Gasteiger partial charge < -0.3 is 9.47 Å². The fourth-order valence-corrected chi connectivity index (χ4v) is 3.40. The molecule has 2 aromatic carbocycles. The molecule has 4 heteroatoms. The van der Waals surface area contributed by atoms with Gasteiger partial charge in [0.05, 0.1) is 24.6 Å². The van der Waals surface area contributed by atoms with Crippen LogP contribution in [0.4, 0.5) is 16.2 Å². The first-order chi connectivity index (χ1) is 12.8. The fraction of sp³-hybridized carbons (Fsp3) is 0.409. The monoisotopic (exact) mass is 353 g/mol. The van der Waals surface area contributed by atoms with Crippen molar-refractivity contribution >= 4 is 17.5 Å². The quantitative estimate of drug-likeness (QED) is 0.645. The van der Waals surface area contributed by atoms with Crippen molar-refractivity contribution in [3.05, 3.63) is 54.6 Å². The minimum absolute atomic E-state index is 0.328. The number of carbonyl (C=O) groups excluding carboxylic acids is 1. The SMILES string of the molecule is CCOc1ccc(N(C(=O)OCC2CCCCC2)c2ccccc2)cc1. The highest BCUT2D eigenvalue weighted by Gasteiger charge is 2.22. The summed E-state index contributed by atoms with van der Waals surface area (Å²) in [6.07, 6.45) is 5.76. The lowest BCUT2D eigenvalue weighted by Crippen LogP contribution is -2.29. The topological polar surface area (TPSA) is 38.8 Å². The van der Waals surface area contributed by atoms with E-state index in [2.05, 4.69) is 0 Å². The van der Waals surface area contributed by atoms with E-state index in [4.69, 9.17) is 9.47 Å². The molecular weight excluding hydrogens is 326 g/mol. The molecule has 0 aliphatic heterocycles. The summed E-state index contributed by atoms with van der Waals surface area (Å²) in [5, 5.41) is 0. The van der Waals surface area contributed by atoms with E-state index in [0.717, 1.165) is 30.0 Å². The molecule has 1 aliphatic rings. The molecule has 4 nitrogen and oxygen atoms in total. The van der Waals surface area contributed by atoms with Crippen molar-refractivity contribution in [3.8, 4) is 5.75 Å². The lowest BCUT2D eigenvalue weighted by molar-refractivity contribution is 0.124. The van der Waals surface area contributed by atoms with Gasteiger partial charge >= 0.3 is 6.09 Å². The van der Waals surface area contributed by atoms with Gasteiger partial charge in [0.1, 0.15) is 5.75 Å². The number of hydrogen-bond donors (Lipinski definition) is 0. The van der Waals surface area contributed by atoms with Crippen molar-refractivity contribution in [2.75, 3.05) is 18.1 Å². The molecule has 0 bridgehead atoms. The van der Waals surface area contributed by atoms with Crippen LogP contribution >= 0.6 is 0 Å². The molecule has 0 unspecified atom stereocenters. The maximum Gasteiger partial charge on any atom is 0.418 e. The molecule has 138 valence electrons. The zero-order chi connectivity index (χ0) is 18.2. The summed E-state index contributed by atoms with van der Waals surface area (Å²) in [5.41, 5.74) is 1.57. The van der Waals surface area contributed by atoms with E-state index in [9.17, 15) is 4.79 Å². The van der Waals surface area contributed by atoms with Crippen molar-refractivity contribution in [2.24, 2.45) is 5.92 Å². The highest BCUT2D eigenvalue weighted by molar-refractivity contribution is 5.96. The van der Waals surface area contributed by atoms with Crippen LogP contribution in [0.15, 0.2) is 54.6 Å². The van der Waals surface area contributed by atoms with Crippen molar-refractivity contribution < 1.29 is 14.3 Å². The summed E-state index contributed by atoms with van der Waals surface area (Å²) in [7, 11) is 0. The number of carbonyl (C=O) groups is 1. The Morgan fingerprint density at radius 1 is 0.962 bits per heavy atom. The molecular formula is C22H27NO3. The Morgan fingerprint density at radius 3 is 2.27 bits per heavy atom. The number of hydrogen-bond acceptors (Lipinski definition) is 3. The highest BCUT2D eigenvalue weighted by Crippen LogP contribution is 2.29. The Labute approximate surface area is 155 Å². The van der Waals surface area contributed by atoms with Crippen LogP contribution in [0.5, 0.6) is 5.75 Å². The first-order valence-corrected chi connectivity index (χ1v) is 9.52. The third-order valence-corrected chi connectivity index (χ3v) is 4.77. The molecule has 1 saturated carbocycles. The molecule has 1 fully saturated rings. The van der Waals surface area contributed by atoms with Crippen LogP contribution < -0.4 is 9.64 Å². The molecule has 0 saturated heterocycles. The number of ether oxygens (including phenoxy) is 2. The predicted octanol–water partition coefficient (Wildman–Crippen LogP) is 5.94. The summed E-state index contributed by atoms with van der Waals surface area (Å²) >= 11 is 0. The number of rotatable bonds is 6. The van der Waals surface area contributed by atoms with Crippen molar-refractivity contribution in [1.82, 2.24) is 0 Å². The van der Waals surface area contributed by atoms with Gasteiger partial charge in [-0.3, -0.25) is 0 Å². The van der Waals surface area contributed by atoms with Crippen molar-refractivity contribution in [3.63, 3.8) is 0 Å². The summed E-state index contributed by atoms with van der Waals surface area (Å²) in [6.45, 7) is 3.07. The molecule has 2 aromatic rings. The minimum Gasteiger partial charge on any atom is -0.494 e. The number of anilines is 2. The number of benzene rings is 2. The zero-order valence-corrected chi connectivity index (χ0v) is 15.4. The van der Waals surface area contributed by atoms with Gasteiger partial charge in [-0.05, 0) is 62.1 Å². The summed E-state index contributed by atoms with van der Waals surface area (Å²) in [4.78, 5) is 14.5. The van der Waals surface area contributed by atoms with Gasteiger partial charge in [-0.25, -0.2) is 9.69 Å². The third-order valence-electron chi connectivity index (χ3n) is 4.77. The Hall–Kier alpha value is -2.49. The predicted molar refractivity (Wildman–Crippen MR) is 104 cm³/mol. The first-order valence-electron chi connectivity index (χ1n) is 9.52. The lowest BCUT2D eigenvalue weighted by Gasteiger charge is -2.25. The molecule has 0 heterocycles. The normalized spacial score (nSPS) is 14.7. The van der Waals surface area contributed by atoms with Gasteiger partial charge in [0.2, 0.25) is 0 Å². The molecule has 1 aliphatic carbocycles. The fourth-order valence-electron chi connectivity index (χ4n) is 3.40. The van der Waals surface area contributed by atoms with Gasteiger partial charge in [0.15, 0.2) is 0 Å². The van der Waals surface area contributed by atoms with Crippen LogP contribution in [0.25, 0.3) is 0 Å². The molecule has 0 spiro atoms. The molecule has 26 heavy (non-hydrogen) atoms. The Balaban J connectivity index is 1.75. The summed E-state index contributed by atoms with van der Waals surface area (Å²) in [6, 6.07) is 17.1. The van der Waals surface area contributed by atoms with Crippen molar-refractivity contribution in [1.29, 1.82) is 0 Å². The second-order valence-electron chi connectivity index (χ2n) is 6.68. The van der Waals surface area contributed by atoms with E-state index >= 15 is 0 Å². The van der Waals surface area contributed by atoms with Crippen LogP contribution in [0, 0.1) is 5.92 Å².